The van der Waals surface area contributed by atoms with Crippen LogP contribution in [-0.2, 0) is 11.3 Å². The summed E-state index contributed by atoms with van der Waals surface area (Å²) in [6.07, 6.45) is 4.61. The van der Waals surface area contributed by atoms with Crippen molar-refractivity contribution < 1.29 is 14.3 Å². The van der Waals surface area contributed by atoms with Crippen LogP contribution in [0, 0.1) is 5.92 Å². The van der Waals surface area contributed by atoms with Gasteiger partial charge in [0.2, 0.25) is 12.7 Å². The maximum Gasteiger partial charge on any atom is 0.231 e. The lowest BCUT2D eigenvalue weighted by atomic mass is 10.0. The van der Waals surface area contributed by atoms with Gasteiger partial charge in [0.05, 0.1) is 0 Å². The fourth-order valence-electron chi connectivity index (χ4n) is 4.63. The Balaban J connectivity index is 1.13. The highest BCUT2D eigenvalue weighted by Gasteiger charge is 2.36. The Hall–Kier alpha value is -1.79. The third-order valence-corrected chi connectivity index (χ3v) is 6.40. The fraction of sp³-hybridized carbons (Fsp3) is 0.667. The van der Waals surface area contributed by atoms with E-state index in [0.717, 1.165) is 76.6 Å². The quantitative estimate of drug-likeness (QED) is 0.809. The second-order valence-corrected chi connectivity index (χ2v) is 8.35. The summed E-state index contributed by atoms with van der Waals surface area (Å²) in [4.78, 5) is 19.7. The minimum Gasteiger partial charge on any atom is -0.454 e. The molecule has 5 rings (SSSR count). The van der Waals surface area contributed by atoms with E-state index < -0.39 is 0 Å². The summed E-state index contributed by atoms with van der Waals surface area (Å²) in [5, 5.41) is 0. The topological polar surface area (TPSA) is 45.3 Å². The first-order valence-corrected chi connectivity index (χ1v) is 10.4. The van der Waals surface area contributed by atoms with E-state index in [0.29, 0.717) is 24.7 Å². The SMILES string of the molecule is O=C(C1CC1)N1CCCC(N2CCN(Cc3ccc4c(c3)OCO4)CC2)C1. The van der Waals surface area contributed by atoms with Gasteiger partial charge in [-0.15, -0.1) is 0 Å². The van der Waals surface area contributed by atoms with Crippen molar-refractivity contribution >= 4 is 5.91 Å². The number of carbonyl (C=O) groups is 1. The molecule has 1 unspecified atom stereocenters. The van der Waals surface area contributed by atoms with Crippen molar-refractivity contribution in [2.45, 2.75) is 38.3 Å². The van der Waals surface area contributed by atoms with E-state index in [1.54, 1.807) is 0 Å². The molecule has 0 radical (unpaired) electrons. The van der Waals surface area contributed by atoms with E-state index in [1.807, 2.05) is 6.07 Å². The molecule has 2 saturated heterocycles. The summed E-state index contributed by atoms with van der Waals surface area (Å²) in [5.74, 6) is 2.49. The van der Waals surface area contributed by atoms with E-state index >= 15 is 0 Å². The highest BCUT2D eigenvalue weighted by molar-refractivity contribution is 5.81. The van der Waals surface area contributed by atoms with Gasteiger partial charge in [-0.25, -0.2) is 0 Å². The van der Waals surface area contributed by atoms with E-state index in [-0.39, 0.29) is 0 Å². The Morgan fingerprint density at radius 1 is 1.00 bits per heavy atom. The molecule has 1 aromatic rings. The lowest BCUT2D eigenvalue weighted by Crippen LogP contribution is -2.55. The zero-order valence-corrected chi connectivity index (χ0v) is 15.9. The summed E-state index contributed by atoms with van der Waals surface area (Å²) in [7, 11) is 0. The van der Waals surface area contributed by atoms with Crippen molar-refractivity contribution in [1.82, 2.24) is 14.7 Å². The van der Waals surface area contributed by atoms with E-state index in [9.17, 15) is 4.79 Å². The van der Waals surface area contributed by atoms with Gasteiger partial charge in [0.25, 0.3) is 0 Å². The van der Waals surface area contributed by atoms with Gasteiger partial charge in [-0.2, -0.15) is 0 Å². The minimum atomic E-state index is 0.332. The van der Waals surface area contributed by atoms with Gasteiger partial charge in [0.1, 0.15) is 0 Å². The fourth-order valence-corrected chi connectivity index (χ4v) is 4.63. The number of carbonyl (C=O) groups excluding carboxylic acids is 1. The number of likely N-dealkylation sites (tertiary alicyclic amines) is 1. The normalized spacial score (nSPS) is 26.4. The van der Waals surface area contributed by atoms with E-state index in [1.165, 1.54) is 12.0 Å². The van der Waals surface area contributed by atoms with Crippen molar-refractivity contribution in [3.63, 3.8) is 0 Å². The molecule has 146 valence electrons. The molecule has 1 atom stereocenters. The van der Waals surface area contributed by atoms with Gasteiger partial charge in [-0.05, 0) is 43.4 Å². The number of rotatable bonds is 4. The van der Waals surface area contributed by atoms with Crippen LogP contribution in [0.1, 0.15) is 31.2 Å². The molecule has 0 N–H and O–H groups in total. The second-order valence-electron chi connectivity index (χ2n) is 8.35. The van der Waals surface area contributed by atoms with Crippen LogP contribution in [0.25, 0.3) is 0 Å². The Bertz CT molecular complexity index is 698. The monoisotopic (exact) mass is 371 g/mol. The van der Waals surface area contributed by atoms with Gasteiger partial charge in [0.15, 0.2) is 11.5 Å². The molecule has 3 aliphatic heterocycles. The number of benzene rings is 1. The first kappa shape index (κ1) is 17.3. The predicted molar refractivity (Wildman–Crippen MR) is 102 cm³/mol. The van der Waals surface area contributed by atoms with Crippen molar-refractivity contribution in [1.29, 1.82) is 0 Å². The van der Waals surface area contributed by atoms with Crippen molar-refractivity contribution in [3.05, 3.63) is 23.8 Å². The smallest absolute Gasteiger partial charge is 0.231 e. The highest BCUT2D eigenvalue weighted by Crippen LogP contribution is 2.33. The maximum atomic E-state index is 12.4. The molecule has 1 aromatic carbocycles. The van der Waals surface area contributed by atoms with Crippen LogP contribution < -0.4 is 9.47 Å². The number of piperazine rings is 1. The van der Waals surface area contributed by atoms with Crippen LogP contribution in [0.3, 0.4) is 0 Å². The molecule has 0 aromatic heterocycles. The molecular weight excluding hydrogens is 342 g/mol. The minimum absolute atomic E-state index is 0.332. The first-order chi connectivity index (χ1) is 13.3. The molecule has 1 amide bonds. The summed E-state index contributed by atoms with van der Waals surface area (Å²) >= 11 is 0. The summed E-state index contributed by atoms with van der Waals surface area (Å²) in [6.45, 7) is 7.57. The number of hydrogen-bond donors (Lipinski definition) is 0. The molecule has 1 saturated carbocycles. The molecule has 6 nitrogen and oxygen atoms in total. The largest absolute Gasteiger partial charge is 0.454 e. The molecule has 6 heteroatoms. The molecular formula is C21H29N3O3. The molecule has 0 spiro atoms. The lowest BCUT2D eigenvalue weighted by Gasteiger charge is -2.43. The third kappa shape index (κ3) is 3.78. The van der Waals surface area contributed by atoms with Crippen LogP contribution in [0.5, 0.6) is 11.5 Å². The molecule has 4 aliphatic rings. The van der Waals surface area contributed by atoms with Gasteiger partial charge >= 0.3 is 0 Å². The molecule has 3 fully saturated rings. The summed E-state index contributed by atoms with van der Waals surface area (Å²) in [6, 6.07) is 6.82. The molecule has 0 bridgehead atoms. The van der Waals surface area contributed by atoms with Crippen LogP contribution in [0.4, 0.5) is 0 Å². The average molecular weight is 371 g/mol. The summed E-state index contributed by atoms with van der Waals surface area (Å²) in [5.41, 5.74) is 1.28. The van der Waals surface area contributed by atoms with Gasteiger partial charge in [-0.1, -0.05) is 6.07 Å². The van der Waals surface area contributed by atoms with Crippen LogP contribution in [-0.4, -0.2) is 72.7 Å². The lowest BCUT2D eigenvalue weighted by molar-refractivity contribution is -0.134. The van der Waals surface area contributed by atoms with Crippen molar-refractivity contribution in [3.8, 4) is 11.5 Å². The zero-order valence-electron chi connectivity index (χ0n) is 15.9. The molecule has 1 aliphatic carbocycles. The van der Waals surface area contributed by atoms with Gasteiger partial charge < -0.3 is 14.4 Å². The Labute approximate surface area is 161 Å². The number of nitrogens with zero attached hydrogens (tertiary/aromatic N) is 3. The standard InChI is InChI=1S/C21H29N3O3/c25-21(17-4-5-17)24-7-1-2-18(14-24)23-10-8-22(9-11-23)13-16-3-6-19-20(12-16)27-15-26-19/h3,6,12,17-18H,1-2,4-5,7-11,13-15H2. The average Bonchev–Trinajstić information content (AvgIpc) is 3.46. The Kier molecular flexibility index (Phi) is 4.70. The highest BCUT2D eigenvalue weighted by atomic mass is 16.7. The number of hydrogen-bond acceptors (Lipinski definition) is 5. The molecule has 3 heterocycles. The Morgan fingerprint density at radius 3 is 2.63 bits per heavy atom. The number of amides is 1. The zero-order chi connectivity index (χ0) is 18.2. The predicted octanol–water partition coefficient (Wildman–Crippen LogP) is 1.93. The first-order valence-electron chi connectivity index (χ1n) is 10.4. The number of ether oxygens (including phenoxy) is 2. The van der Waals surface area contributed by atoms with E-state index in [4.69, 9.17) is 9.47 Å². The number of piperidine rings is 1. The Morgan fingerprint density at radius 2 is 1.81 bits per heavy atom. The van der Waals surface area contributed by atoms with Gasteiger partial charge in [-0.3, -0.25) is 14.6 Å². The number of fused-ring (bicyclic) bond motifs is 1. The van der Waals surface area contributed by atoms with Crippen LogP contribution in [0.15, 0.2) is 18.2 Å². The maximum absolute atomic E-state index is 12.4. The van der Waals surface area contributed by atoms with Crippen molar-refractivity contribution in [2.75, 3.05) is 46.1 Å². The molecule has 27 heavy (non-hydrogen) atoms. The van der Waals surface area contributed by atoms with Crippen LogP contribution >= 0.6 is 0 Å². The second kappa shape index (κ2) is 7.32. The van der Waals surface area contributed by atoms with E-state index in [2.05, 4.69) is 26.8 Å². The summed E-state index contributed by atoms with van der Waals surface area (Å²) < 4.78 is 10.9. The van der Waals surface area contributed by atoms with Crippen molar-refractivity contribution in [2.24, 2.45) is 5.92 Å². The third-order valence-electron chi connectivity index (χ3n) is 6.40. The van der Waals surface area contributed by atoms with Crippen LogP contribution in [0.2, 0.25) is 0 Å². The van der Waals surface area contributed by atoms with Gasteiger partial charge in [0, 0.05) is 57.8 Å².